The number of amides is 3. The SMILES string of the molecule is CC.CN.C[C@H](O/N=C(\C(=O)N[C@@H]1C(=O)N2C(C(=O)O)=C(C[N+]3=CCCC4=C3CCC4)CS[C@H]12)c1csc(N)n1)C(=O)[O-].NC(=O)c1ccc(O)c(O)c1Cl.[Na+]. The number of nitrogens with zero attached hydrogens (tertiary/aromatic N) is 4. The van der Waals surface area contributed by atoms with E-state index in [0.29, 0.717) is 17.9 Å². The molecule has 3 amide bonds. The first kappa shape index (κ1) is 48.0. The summed E-state index contributed by atoms with van der Waals surface area (Å²) in [6.45, 7) is 5.58. The number of anilines is 1. The first-order valence-electron chi connectivity index (χ1n) is 16.9. The predicted octanol–water partition coefficient (Wildman–Crippen LogP) is -1.91. The van der Waals surface area contributed by atoms with Crippen molar-refractivity contribution < 1.29 is 83.4 Å². The number of aromatic hydroxyl groups is 2. The number of carboxylic acids is 2. The van der Waals surface area contributed by atoms with Gasteiger partial charge in [-0.2, -0.15) is 0 Å². The number of nitrogens with one attached hydrogen (secondary N) is 1. The number of thiazole rings is 1. The number of carbonyl (C=O) groups is 5. The molecule has 298 valence electrons. The van der Waals surface area contributed by atoms with E-state index in [9.17, 15) is 34.2 Å². The number of thioether (sulfide) groups is 1. The molecule has 4 heterocycles. The number of phenols is 2. The summed E-state index contributed by atoms with van der Waals surface area (Å²) in [6.07, 6.45) is 5.73. The van der Waals surface area contributed by atoms with Gasteiger partial charge in [0.05, 0.1) is 16.6 Å². The number of fused-ring (bicyclic) bond motifs is 1. The van der Waals surface area contributed by atoms with Crippen molar-refractivity contribution in [2.24, 2.45) is 16.6 Å². The Labute approximate surface area is 357 Å². The summed E-state index contributed by atoms with van der Waals surface area (Å²) in [5.74, 6) is -5.44. The quantitative estimate of drug-likeness (QED) is 0.0343. The van der Waals surface area contributed by atoms with Crippen molar-refractivity contribution in [3.8, 4) is 11.5 Å². The molecule has 6 rings (SSSR count). The second kappa shape index (κ2) is 21.9. The normalized spacial score (nSPS) is 18.7. The summed E-state index contributed by atoms with van der Waals surface area (Å²) in [4.78, 5) is 70.3. The molecule has 18 nitrogen and oxygen atoms in total. The van der Waals surface area contributed by atoms with Crippen LogP contribution in [0.1, 0.15) is 68.9 Å². The van der Waals surface area contributed by atoms with E-state index in [1.165, 1.54) is 53.3 Å². The van der Waals surface area contributed by atoms with Gasteiger partial charge in [-0.15, -0.1) is 23.1 Å². The van der Waals surface area contributed by atoms with Crippen molar-refractivity contribution in [3.63, 3.8) is 0 Å². The van der Waals surface area contributed by atoms with Crippen molar-refractivity contribution in [2.45, 2.75) is 70.4 Å². The summed E-state index contributed by atoms with van der Waals surface area (Å²) in [5, 5.41) is 45.9. The van der Waals surface area contributed by atoms with Crippen LogP contribution in [0.2, 0.25) is 5.02 Å². The third-order valence-electron chi connectivity index (χ3n) is 8.31. The first-order valence-corrected chi connectivity index (χ1v) is 19.3. The van der Waals surface area contributed by atoms with E-state index < -0.39 is 52.9 Å². The molecular formula is C34H43ClN8NaO10S2+. The number of nitrogen functional groups attached to an aromatic ring is 1. The number of carbonyl (C=O) groups excluding carboxylic acids is 4. The Bertz CT molecular complexity index is 1950. The maximum Gasteiger partial charge on any atom is 1.00 e. The van der Waals surface area contributed by atoms with Gasteiger partial charge in [0, 0.05) is 29.5 Å². The van der Waals surface area contributed by atoms with Gasteiger partial charge in [-0.3, -0.25) is 19.3 Å². The summed E-state index contributed by atoms with van der Waals surface area (Å²) in [7, 11) is 1.50. The van der Waals surface area contributed by atoms with Crippen LogP contribution in [-0.2, 0) is 24.0 Å². The van der Waals surface area contributed by atoms with Gasteiger partial charge in [0.2, 0.25) is 5.91 Å². The molecule has 4 aliphatic rings. The van der Waals surface area contributed by atoms with Gasteiger partial charge < -0.3 is 52.6 Å². The number of oxime groups is 1. The number of rotatable bonds is 10. The maximum atomic E-state index is 13.2. The monoisotopic (exact) mass is 845 g/mol. The number of aliphatic carboxylic acids is 2. The number of aromatic nitrogens is 1. The molecule has 1 aromatic heterocycles. The minimum atomic E-state index is -1.54. The smallest absolute Gasteiger partial charge is 0.546 e. The van der Waals surface area contributed by atoms with Gasteiger partial charge in [-0.25, -0.2) is 14.4 Å². The molecule has 0 spiro atoms. The molecule has 2 aromatic rings. The molecular weight excluding hydrogens is 803 g/mol. The largest absolute Gasteiger partial charge is 1.00 e. The first-order chi connectivity index (χ1) is 26.2. The number of halogens is 1. The Hall–Kier alpha value is -4.18. The average molecular weight is 846 g/mol. The van der Waals surface area contributed by atoms with Crippen LogP contribution in [0.15, 0.2) is 45.2 Å². The molecule has 1 saturated heterocycles. The zero-order valence-electron chi connectivity index (χ0n) is 31.4. The minimum absolute atomic E-state index is 0. The van der Waals surface area contributed by atoms with E-state index in [-0.39, 0.29) is 68.1 Å². The van der Waals surface area contributed by atoms with Crippen LogP contribution in [-0.4, -0.2) is 108 Å². The van der Waals surface area contributed by atoms with Gasteiger partial charge >= 0.3 is 35.5 Å². The summed E-state index contributed by atoms with van der Waals surface area (Å²) < 4.78 is 2.13. The Morgan fingerprint density at radius 2 is 1.88 bits per heavy atom. The second-order valence-electron chi connectivity index (χ2n) is 11.6. The molecule has 3 aliphatic heterocycles. The van der Waals surface area contributed by atoms with Gasteiger partial charge in [-0.05, 0) is 50.9 Å². The molecule has 10 N–H and O–H groups in total. The van der Waals surface area contributed by atoms with Gasteiger partial charge in [0.1, 0.15) is 29.0 Å². The zero-order valence-corrected chi connectivity index (χ0v) is 35.8. The Morgan fingerprint density at radius 1 is 1.20 bits per heavy atom. The molecule has 56 heavy (non-hydrogen) atoms. The fourth-order valence-electron chi connectivity index (χ4n) is 5.81. The fourth-order valence-corrected chi connectivity index (χ4v) is 7.95. The molecule has 1 aromatic carbocycles. The third kappa shape index (κ3) is 11.0. The molecule has 0 radical (unpaired) electrons. The Balaban J connectivity index is 0.000000539. The second-order valence-corrected chi connectivity index (χ2v) is 14.0. The molecule has 0 bridgehead atoms. The van der Waals surface area contributed by atoms with Crippen LogP contribution in [0.4, 0.5) is 5.13 Å². The molecule has 22 heteroatoms. The van der Waals surface area contributed by atoms with Crippen LogP contribution in [0, 0.1) is 0 Å². The van der Waals surface area contributed by atoms with E-state index in [1.54, 1.807) is 0 Å². The van der Waals surface area contributed by atoms with Crippen LogP contribution in [0.25, 0.3) is 0 Å². The van der Waals surface area contributed by atoms with E-state index in [4.69, 9.17) is 38.1 Å². The van der Waals surface area contributed by atoms with E-state index in [1.807, 2.05) is 13.8 Å². The van der Waals surface area contributed by atoms with Crippen LogP contribution in [0.5, 0.6) is 11.5 Å². The number of allylic oxidation sites excluding steroid dienone is 2. The van der Waals surface area contributed by atoms with E-state index >= 15 is 0 Å². The van der Waals surface area contributed by atoms with Crippen molar-refractivity contribution in [1.82, 2.24) is 15.2 Å². The summed E-state index contributed by atoms with van der Waals surface area (Å²) >= 11 is 7.88. The van der Waals surface area contributed by atoms with Gasteiger partial charge in [0.15, 0.2) is 40.7 Å². The standard InChI is InChI=1S/C24H26N6O7S2.C7H6ClNO3.C2H6.CH5N.Na/c1-11(22(33)34)37-28-16(14-10-39-24(25)26-14)19(31)27-17-20(32)30-18(23(35)36)13(9-38-21(17)30)8-29-7-3-5-12-4-2-6-15(12)29;8-5-3(7(9)12)1-2-4(10)6(5)11;2*1-2;/h7,10-11,17,21H,2-6,8-9H2,1H3,(H4-,25,26,27,31,33,34,35,36);1-2,10-11H,(H2,9,12);1-2H3;2H2,1H3;/q;;;;+1/b28-16-;;;;/t11-,17+,21+;;;;/m0..../s1. The molecule has 1 aliphatic carbocycles. The van der Waals surface area contributed by atoms with Gasteiger partial charge in [0.25, 0.3) is 11.8 Å². The summed E-state index contributed by atoms with van der Waals surface area (Å²) in [5.41, 5.74) is 18.0. The summed E-state index contributed by atoms with van der Waals surface area (Å²) in [6, 6.07) is 1.35. The molecule has 3 atom stereocenters. The van der Waals surface area contributed by atoms with Crippen molar-refractivity contribution in [1.29, 1.82) is 0 Å². The minimum Gasteiger partial charge on any atom is -0.546 e. The zero-order chi connectivity index (χ0) is 41.1. The average Bonchev–Trinajstić information content (AvgIpc) is 3.84. The van der Waals surface area contributed by atoms with Crippen molar-refractivity contribution in [3.05, 3.63) is 56.3 Å². The number of carboxylic acid groups (broad SMARTS) is 2. The molecule has 0 saturated carbocycles. The number of benzene rings is 1. The Kier molecular flexibility index (Phi) is 18.8. The van der Waals surface area contributed by atoms with Crippen LogP contribution >= 0.6 is 34.7 Å². The van der Waals surface area contributed by atoms with Crippen molar-refractivity contribution in [2.75, 3.05) is 25.1 Å². The van der Waals surface area contributed by atoms with E-state index in [2.05, 4.69) is 32.0 Å². The molecule has 1 fully saturated rings. The number of hydrogen-bond donors (Lipinski definition) is 7. The topological polar surface area (TPSA) is 300 Å². The number of hydrogen-bond acceptors (Lipinski definition) is 15. The Morgan fingerprint density at radius 3 is 2.46 bits per heavy atom. The third-order valence-corrected chi connectivity index (χ3v) is 10.7. The number of primary amides is 1. The van der Waals surface area contributed by atoms with Crippen molar-refractivity contribution >= 4 is 81.4 Å². The van der Waals surface area contributed by atoms with Crippen LogP contribution in [0.3, 0.4) is 0 Å². The van der Waals surface area contributed by atoms with Gasteiger partial charge in [-0.1, -0.05) is 30.6 Å². The molecule has 0 unspecified atom stereocenters. The number of phenolic OH excluding ortho intramolecular Hbond substituents is 2. The fraction of sp³-hybridized carbons (Fsp3) is 0.412. The van der Waals surface area contributed by atoms with Crippen LogP contribution < -0.4 is 57.2 Å². The van der Waals surface area contributed by atoms with E-state index in [0.717, 1.165) is 49.5 Å². The number of β-lactam (4-membered cyclic amide) rings is 1. The number of nitrogens with two attached hydrogens (primary N) is 3. The maximum absolute atomic E-state index is 13.2. The predicted molar refractivity (Wildman–Crippen MR) is 204 cm³/mol.